The van der Waals surface area contributed by atoms with Gasteiger partial charge in [0.25, 0.3) is 5.91 Å². The molecule has 1 saturated carbocycles. The molecule has 1 amide bonds. The summed E-state index contributed by atoms with van der Waals surface area (Å²) in [5.74, 6) is 0.935. The molecule has 0 radical (unpaired) electrons. The quantitative estimate of drug-likeness (QED) is 0.435. The van der Waals surface area contributed by atoms with Crippen molar-refractivity contribution in [1.29, 1.82) is 0 Å². The van der Waals surface area contributed by atoms with Gasteiger partial charge in [-0.3, -0.25) is 4.79 Å². The summed E-state index contributed by atoms with van der Waals surface area (Å²) in [6, 6.07) is 1.12. The largest absolute Gasteiger partial charge is 0.361 e. The molecule has 172 valence electrons. The second-order valence-corrected chi connectivity index (χ2v) is 15.6. The van der Waals surface area contributed by atoms with Crippen molar-refractivity contribution >= 4 is 37.6 Å². The molecule has 1 saturated heterocycles. The van der Waals surface area contributed by atoms with Gasteiger partial charge in [0.05, 0.1) is 17.5 Å². The van der Waals surface area contributed by atoms with E-state index in [4.69, 9.17) is 9.72 Å². The average molecular weight is 466 g/mol. The Hall–Kier alpha value is -1.48. The number of aromatic nitrogens is 3. The fraction of sp³-hybridized carbons (Fsp3) is 0.682. The third-order valence-corrected chi connectivity index (χ3v) is 7.71. The van der Waals surface area contributed by atoms with Gasteiger partial charge >= 0.3 is 0 Å². The van der Waals surface area contributed by atoms with E-state index in [0.29, 0.717) is 36.2 Å². The Morgan fingerprint density at radius 1 is 1.32 bits per heavy atom. The number of nitrogens with one attached hydrogen (secondary N) is 2. The maximum absolute atomic E-state index is 13.0. The van der Waals surface area contributed by atoms with E-state index < -0.39 is 8.07 Å². The standard InChI is InChI=1S/C22H35N5O2Si.ClH/c1-30(2,3)10-9-29-15-27-14-18(22(28)25-12-16-5-4-8-23-11-16)20-21(27)24-13-19(26-20)17-6-7-17;/h13-14,16-17,23H,4-12,15H2,1-3H3,(H,25,28);1H. The van der Waals surface area contributed by atoms with Crippen LogP contribution < -0.4 is 10.6 Å². The molecule has 4 rings (SSSR count). The van der Waals surface area contributed by atoms with Crippen molar-refractivity contribution in [1.82, 2.24) is 25.2 Å². The van der Waals surface area contributed by atoms with Gasteiger partial charge in [0, 0.05) is 33.3 Å². The lowest BCUT2D eigenvalue weighted by atomic mass is 10.00. The molecule has 1 aliphatic carbocycles. The number of carbonyl (C=O) groups is 1. The number of carbonyl (C=O) groups excluding carboxylic acids is 1. The Morgan fingerprint density at radius 3 is 2.81 bits per heavy atom. The molecule has 9 heteroatoms. The van der Waals surface area contributed by atoms with Gasteiger partial charge < -0.3 is 19.9 Å². The van der Waals surface area contributed by atoms with E-state index >= 15 is 0 Å². The summed E-state index contributed by atoms with van der Waals surface area (Å²) in [5, 5.41) is 6.54. The first-order valence-corrected chi connectivity index (χ1v) is 15.0. The molecule has 31 heavy (non-hydrogen) atoms. The number of hydrogen-bond acceptors (Lipinski definition) is 5. The predicted octanol–water partition coefficient (Wildman–Crippen LogP) is 3.77. The van der Waals surface area contributed by atoms with E-state index in [9.17, 15) is 4.79 Å². The second kappa shape index (κ2) is 10.4. The molecule has 2 fully saturated rings. The number of fused-ring (bicyclic) bond motifs is 1. The van der Waals surface area contributed by atoms with E-state index in [1.807, 2.05) is 17.0 Å². The SMILES string of the molecule is C[Si](C)(C)CCOCn1cc(C(=O)NCC2CCCNC2)c2nc(C3CC3)cnc21.Cl. The highest BCUT2D eigenvalue weighted by Crippen LogP contribution is 2.39. The summed E-state index contributed by atoms with van der Waals surface area (Å²) >= 11 is 0. The molecule has 2 N–H and O–H groups in total. The van der Waals surface area contributed by atoms with Gasteiger partial charge in [0.2, 0.25) is 0 Å². The highest BCUT2D eigenvalue weighted by atomic mass is 35.5. The van der Waals surface area contributed by atoms with Gasteiger partial charge in [-0.05, 0) is 50.7 Å². The van der Waals surface area contributed by atoms with Crippen molar-refractivity contribution in [3.63, 3.8) is 0 Å². The molecular formula is C22H36ClN5O2Si. The summed E-state index contributed by atoms with van der Waals surface area (Å²) in [4.78, 5) is 22.5. The van der Waals surface area contributed by atoms with E-state index in [-0.39, 0.29) is 18.3 Å². The fourth-order valence-corrected chi connectivity index (χ4v) is 4.63. The first kappa shape index (κ1) is 24.2. The number of halogens is 1. The van der Waals surface area contributed by atoms with Gasteiger partial charge in [-0.1, -0.05) is 19.6 Å². The lowest BCUT2D eigenvalue weighted by molar-refractivity contribution is 0.0891. The molecule has 1 atom stereocenters. The van der Waals surface area contributed by atoms with Crippen LogP contribution in [0.25, 0.3) is 11.2 Å². The summed E-state index contributed by atoms with van der Waals surface area (Å²) in [5.41, 5.74) is 3.05. The first-order chi connectivity index (χ1) is 14.4. The van der Waals surface area contributed by atoms with Crippen LogP contribution in [-0.4, -0.2) is 54.8 Å². The van der Waals surface area contributed by atoms with Crippen LogP contribution in [-0.2, 0) is 11.5 Å². The molecule has 7 nitrogen and oxygen atoms in total. The average Bonchev–Trinajstić information content (AvgIpc) is 3.51. The smallest absolute Gasteiger partial charge is 0.255 e. The number of piperidine rings is 1. The van der Waals surface area contributed by atoms with Crippen LogP contribution in [0.2, 0.25) is 25.7 Å². The van der Waals surface area contributed by atoms with Crippen LogP contribution in [0, 0.1) is 5.92 Å². The van der Waals surface area contributed by atoms with Crippen LogP contribution in [0.1, 0.15) is 47.7 Å². The minimum Gasteiger partial charge on any atom is -0.361 e. The number of nitrogens with zero attached hydrogens (tertiary/aromatic N) is 3. The van der Waals surface area contributed by atoms with Crippen LogP contribution in [0.5, 0.6) is 0 Å². The lowest BCUT2D eigenvalue weighted by Gasteiger charge is -2.22. The first-order valence-electron chi connectivity index (χ1n) is 11.3. The number of hydrogen-bond donors (Lipinski definition) is 2. The Bertz CT molecular complexity index is 888. The highest BCUT2D eigenvalue weighted by molar-refractivity contribution is 6.76. The maximum Gasteiger partial charge on any atom is 0.255 e. The van der Waals surface area contributed by atoms with E-state index in [1.165, 1.54) is 6.42 Å². The minimum atomic E-state index is -1.13. The van der Waals surface area contributed by atoms with Crippen LogP contribution >= 0.6 is 12.4 Å². The predicted molar refractivity (Wildman–Crippen MR) is 129 cm³/mol. The Morgan fingerprint density at radius 2 is 2.13 bits per heavy atom. The van der Waals surface area contributed by atoms with E-state index in [2.05, 4.69) is 35.3 Å². The molecule has 0 spiro atoms. The second-order valence-electron chi connectivity index (χ2n) is 10.0. The van der Waals surface area contributed by atoms with Gasteiger partial charge in [-0.15, -0.1) is 12.4 Å². The van der Waals surface area contributed by atoms with Crippen LogP contribution in [0.3, 0.4) is 0 Å². The van der Waals surface area contributed by atoms with Crippen molar-refractivity contribution in [3.8, 4) is 0 Å². The molecule has 1 unspecified atom stereocenters. The highest BCUT2D eigenvalue weighted by Gasteiger charge is 2.27. The van der Waals surface area contributed by atoms with Crippen molar-refractivity contribution in [3.05, 3.63) is 23.7 Å². The third-order valence-electron chi connectivity index (χ3n) is 6.00. The fourth-order valence-electron chi connectivity index (χ4n) is 3.88. The minimum absolute atomic E-state index is 0. The van der Waals surface area contributed by atoms with Crippen LogP contribution in [0.15, 0.2) is 12.4 Å². The Labute approximate surface area is 192 Å². The van der Waals surface area contributed by atoms with E-state index in [1.54, 1.807) is 0 Å². The molecular weight excluding hydrogens is 430 g/mol. The lowest BCUT2D eigenvalue weighted by Crippen LogP contribution is -2.38. The molecule has 2 aromatic rings. The normalized spacial score (nSPS) is 19.3. The third kappa shape index (κ3) is 6.51. The van der Waals surface area contributed by atoms with Crippen LogP contribution in [0.4, 0.5) is 0 Å². The van der Waals surface area contributed by atoms with Gasteiger partial charge in [-0.2, -0.15) is 0 Å². The van der Waals surface area contributed by atoms with Crippen molar-refractivity contribution in [2.45, 2.75) is 64.0 Å². The summed E-state index contributed by atoms with van der Waals surface area (Å²) in [6.07, 6.45) is 8.39. The van der Waals surface area contributed by atoms with Crippen molar-refractivity contribution < 1.29 is 9.53 Å². The zero-order valence-electron chi connectivity index (χ0n) is 18.9. The summed E-state index contributed by atoms with van der Waals surface area (Å²) < 4.78 is 7.86. The molecule has 3 heterocycles. The zero-order valence-corrected chi connectivity index (χ0v) is 20.8. The maximum atomic E-state index is 13.0. The molecule has 2 aliphatic rings. The summed E-state index contributed by atoms with van der Waals surface area (Å²) in [7, 11) is -1.13. The van der Waals surface area contributed by atoms with Gasteiger partial charge in [-0.25, -0.2) is 9.97 Å². The van der Waals surface area contributed by atoms with E-state index in [0.717, 1.165) is 56.3 Å². The Kier molecular flexibility index (Phi) is 8.12. The zero-order chi connectivity index (χ0) is 21.1. The van der Waals surface area contributed by atoms with Crippen molar-refractivity contribution in [2.75, 3.05) is 26.2 Å². The molecule has 0 aromatic carbocycles. The molecule has 2 aromatic heterocycles. The van der Waals surface area contributed by atoms with Crippen molar-refractivity contribution in [2.24, 2.45) is 5.92 Å². The topological polar surface area (TPSA) is 81.1 Å². The monoisotopic (exact) mass is 465 g/mol. The molecule has 0 bridgehead atoms. The molecule has 1 aliphatic heterocycles. The number of rotatable bonds is 9. The Balaban J connectivity index is 0.00000272. The summed E-state index contributed by atoms with van der Waals surface area (Å²) in [6.45, 7) is 10.9. The van der Waals surface area contributed by atoms with Gasteiger partial charge in [0.15, 0.2) is 5.65 Å². The number of ether oxygens (including phenoxy) is 1. The van der Waals surface area contributed by atoms with Gasteiger partial charge in [0.1, 0.15) is 12.2 Å². The number of amides is 1.